The minimum absolute atomic E-state index is 0.197. The summed E-state index contributed by atoms with van der Waals surface area (Å²) < 4.78 is 6.39. The first-order valence-corrected chi connectivity index (χ1v) is 8.49. The van der Waals surface area contributed by atoms with E-state index in [9.17, 15) is 14.9 Å². The average molecular weight is 370 g/mol. The average Bonchev–Trinajstić information content (AvgIpc) is 3.20. The van der Waals surface area contributed by atoms with Gasteiger partial charge < -0.3 is 4.74 Å². The largest absolute Gasteiger partial charge is 0.452 e. The Balaban J connectivity index is 1.71. The van der Waals surface area contributed by atoms with Crippen molar-refractivity contribution in [3.63, 3.8) is 0 Å². The van der Waals surface area contributed by atoms with E-state index in [1.54, 1.807) is 25.3 Å². The van der Waals surface area contributed by atoms with Crippen LogP contribution in [0.25, 0.3) is 5.78 Å². The molecule has 0 amide bonds. The number of hydrogen-bond acceptors (Lipinski definition) is 9. The Morgan fingerprint density at radius 3 is 2.69 bits per heavy atom. The highest BCUT2D eigenvalue weighted by Gasteiger charge is 2.25. The molecule has 0 radical (unpaired) electrons. The number of hydrogen-bond donors (Lipinski definition) is 0. The number of Topliss-reactive ketones (excluding diaryl/α,β-unsaturated/α-hetero) is 1. The highest BCUT2D eigenvalue weighted by molar-refractivity contribution is 7.09. The van der Waals surface area contributed by atoms with Gasteiger partial charge >= 0.3 is 5.97 Å². The second-order valence-electron chi connectivity index (χ2n) is 5.62. The Bertz CT molecular complexity index is 1050. The van der Waals surface area contributed by atoms with E-state index in [1.807, 2.05) is 13.0 Å². The minimum Gasteiger partial charge on any atom is -0.452 e. The normalized spacial score (nSPS) is 11.9. The molecule has 1 atom stereocenters. The predicted octanol–water partition coefficient (Wildman–Crippen LogP) is 1.54. The van der Waals surface area contributed by atoms with Crippen LogP contribution in [0.5, 0.6) is 0 Å². The lowest BCUT2D eigenvalue weighted by molar-refractivity contribution is -0.122. The molecule has 0 saturated carbocycles. The smallest absolute Gasteiger partial charge is 0.378 e. The van der Waals surface area contributed by atoms with E-state index in [-0.39, 0.29) is 11.6 Å². The van der Waals surface area contributed by atoms with Crippen molar-refractivity contribution in [2.24, 2.45) is 0 Å². The molecule has 0 saturated heterocycles. The molecular weight excluding hydrogens is 356 g/mol. The SMILES string of the molecule is Cc1csc([C@@H](C#N)C(=O)COC(=O)c2nc3nc(C)cc(C)n3n2)n1. The van der Waals surface area contributed by atoms with Crippen LogP contribution in [0.4, 0.5) is 0 Å². The van der Waals surface area contributed by atoms with Crippen LogP contribution in [-0.4, -0.2) is 42.9 Å². The van der Waals surface area contributed by atoms with Gasteiger partial charge in [0, 0.05) is 22.5 Å². The number of esters is 1. The molecule has 0 aliphatic carbocycles. The fourth-order valence-electron chi connectivity index (χ4n) is 2.31. The summed E-state index contributed by atoms with van der Waals surface area (Å²) in [6.45, 7) is 4.83. The summed E-state index contributed by atoms with van der Waals surface area (Å²) in [4.78, 5) is 36.7. The molecule has 0 unspecified atom stereocenters. The van der Waals surface area contributed by atoms with Gasteiger partial charge in [-0.15, -0.1) is 16.4 Å². The van der Waals surface area contributed by atoms with Crippen LogP contribution in [0.3, 0.4) is 0 Å². The molecule has 0 spiro atoms. The van der Waals surface area contributed by atoms with Crippen molar-refractivity contribution in [3.05, 3.63) is 39.4 Å². The van der Waals surface area contributed by atoms with Crippen molar-refractivity contribution in [2.75, 3.05) is 6.61 Å². The van der Waals surface area contributed by atoms with Crippen molar-refractivity contribution < 1.29 is 14.3 Å². The maximum atomic E-state index is 12.2. The Labute approximate surface area is 152 Å². The fourth-order valence-corrected chi connectivity index (χ4v) is 3.17. The van der Waals surface area contributed by atoms with E-state index in [0.717, 1.165) is 17.1 Å². The first kappa shape index (κ1) is 17.6. The number of ketones is 1. The number of ether oxygens (including phenoxy) is 1. The van der Waals surface area contributed by atoms with E-state index in [2.05, 4.69) is 20.1 Å². The monoisotopic (exact) mass is 370 g/mol. The Kier molecular flexibility index (Phi) is 4.73. The number of thiazole rings is 1. The van der Waals surface area contributed by atoms with Crippen LogP contribution in [0.15, 0.2) is 11.4 Å². The van der Waals surface area contributed by atoms with Gasteiger partial charge in [-0.05, 0) is 26.8 Å². The third-order valence-corrected chi connectivity index (χ3v) is 4.51. The molecule has 132 valence electrons. The van der Waals surface area contributed by atoms with Crippen LogP contribution >= 0.6 is 11.3 Å². The highest BCUT2D eigenvalue weighted by atomic mass is 32.1. The molecule has 3 heterocycles. The highest BCUT2D eigenvalue weighted by Crippen LogP contribution is 2.20. The lowest BCUT2D eigenvalue weighted by atomic mass is 10.1. The van der Waals surface area contributed by atoms with Crippen LogP contribution in [-0.2, 0) is 9.53 Å². The summed E-state index contributed by atoms with van der Waals surface area (Å²) >= 11 is 1.22. The number of carbonyl (C=O) groups is 2. The Morgan fingerprint density at radius 1 is 1.27 bits per heavy atom. The summed E-state index contributed by atoms with van der Waals surface area (Å²) in [7, 11) is 0. The van der Waals surface area contributed by atoms with Gasteiger partial charge in [0.05, 0.1) is 6.07 Å². The van der Waals surface area contributed by atoms with Crippen molar-refractivity contribution in [3.8, 4) is 6.07 Å². The molecule has 26 heavy (non-hydrogen) atoms. The topological polar surface area (TPSA) is 123 Å². The van der Waals surface area contributed by atoms with Crippen LogP contribution in [0.2, 0.25) is 0 Å². The number of nitriles is 1. The molecule has 0 aliphatic heterocycles. The van der Waals surface area contributed by atoms with Crippen molar-refractivity contribution in [1.82, 2.24) is 24.6 Å². The number of fused-ring (bicyclic) bond motifs is 1. The lowest BCUT2D eigenvalue weighted by Gasteiger charge is -2.05. The maximum Gasteiger partial charge on any atom is 0.378 e. The Hall–Kier alpha value is -3.19. The van der Waals surface area contributed by atoms with Gasteiger partial charge in [0.2, 0.25) is 0 Å². The molecule has 3 aromatic rings. The summed E-state index contributed by atoms with van der Waals surface area (Å²) in [6.07, 6.45) is 0. The second kappa shape index (κ2) is 6.97. The zero-order valence-corrected chi connectivity index (χ0v) is 15.1. The molecule has 10 heteroatoms. The summed E-state index contributed by atoms with van der Waals surface area (Å²) in [5.74, 6) is -2.40. The van der Waals surface area contributed by atoms with Crippen LogP contribution < -0.4 is 0 Å². The second-order valence-corrected chi connectivity index (χ2v) is 6.51. The van der Waals surface area contributed by atoms with E-state index < -0.39 is 24.3 Å². The van der Waals surface area contributed by atoms with E-state index >= 15 is 0 Å². The third kappa shape index (κ3) is 3.43. The van der Waals surface area contributed by atoms with Crippen molar-refractivity contribution in [2.45, 2.75) is 26.7 Å². The summed E-state index contributed by atoms with van der Waals surface area (Å²) in [6, 6.07) is 3.69. The zero-order chi connectivity index (χ0) is 18.8. The van der Waals surface area contributed by atoms with Crippen LogP contribution in [0, 0.1) is 32.1 Å². The first-order chi connectivity index (χ1) is 12.4. The molecule has 0 aliphatic rings. The summed E-state index contributed by atoms with van der Waals surface area (Å²) in [5, 5.41) is 15.4. The molecule has 3 aromatic heterocycles. The predicted molar refractivity (Wildman–Crippen MR) is 90.8 cm³/mol. The van der Waals surface area contributed by atoms with Gasteiger partial charge in [0.1, 0.15) is 5.01 Å². The van der Waals surface area contributed by atoms with Gasteiger partial charge in [0.25, 0.3) is 11.6 Å². The lowest BCUT2D eigenvalue weighted by Crippen LogP contribution is -2.20. The molecule has 9 nitrogen and oxygen atoms in total. The van der Waals surface area contributed by atoms with Gasteiger partial charge in [-0.1, -0.05) is 0 Å². The maximum absolute atomic E-state index is 12.2. The zero-order valence-electron chi connectivity index (χ0n) is 14.3. The fraction of sp³-hybridized carbons (Fsp3) is 0.312. The number of aromatic nitrogens is 5. The third-order valence-electron chi connectivity index (χ3n) is 3.48. The van der Waals surface area contributed by atoms with Gasteiger partial charge in [-0.25, -0.2) is 19.3 Å². The summed E-state index contributed by atoms with van der Waals surface area (Å²) in [5.41, 5.74) is 2.23. The van der Waals surface area contributed by atoms with Crippen molar-refractivity contribution >= 4 is 28.9 Å². The number of carbonyl (C=O) groups excluding carboxylic acids is 2. The number of rotatable bonds is 5. The van der Waals surface area contributed by atoms with Crippen LogP contribution in [0.1, 0.15) is 38.6 Å². The number of nitrogens with zero attached hydrogens (tertiary/aromatic N) is 6. The van der Waals surface area contributed by atoms with Crippen molar-refractivity contribution in [1.29, 1.82) is 5.26 Å². The first-order valence-electron chi connectivity index (χ1n) is 7.61. The van der Waals surface area contributed by atoms with Gasteiger partial charge in [-0.2, -0.15) is 10.2 Å². The van der Waals surface area contributed by atoms with E-state index in [1.165, 1.54) is 15.9 Å². The number of aryl methyl sites for hydroxylation is 3. The van der Waals surface area contributed by atoms with E-state index in [4.69, 9.17) is 4.74 Å². The molecule has 3 rings (SSSR count). The quantitative estimate of drug-likeness (QED) is 0.620. The van der Waals surface area contributed by atoms with Gasteiger partial charge in [-0.3, -0.25) is 4.79 Å². The molecule has 0 fully saturated rings. The minimum atomic E-state index is -1.07. The van der Waals surface area contributed by atoms with E-state index in [0.29, 0.717) is 5.01 Å². The standard InChI is InChI=1S/C16H14N6O3S/c1-8-4-10(3)22-16(19-8)20-13(21-22)15(24)25-6-12(23)11(5-17)14-18-9(2)7-26-14/h4,7,11H,6H2,1-3H3/t11-/m0/s1. The molecule has 0 bridgehead atoms. The molecular formula is C16H14N6O3S. The molecule has 0 aromatic carbocycles. The van der Waals surface area contributed by atoms with Gasteiger partial charge in [0.15, 0.2) is 18.3 Å². The molecule has 0 N–H and O–H groups in total. The Morgan fingerprint density at radius 2 is 2.04 bits per heavy atom.